The summed E-state index contributed by atoms with van der Waals surface area (Å²) in [5.74, 6) is -0.566. The Bertz CT molecular complexity index is 623. The van der Waals surface area contributed by atoms with Crippen LogP contribution in [0.3, 0.4) is 0 Å². The molecule has 0 unspecified atom stereocenters. The SMILES string of the molecule is CCNCc1ccc(NC(=O)c2ccc(F)cc2C)cc1. The number of nitrogens with one attached hydrogen (secondary N) is 2. The Kier molecular flexibility index (Phi) is 5.06. The Labute approximate surface area is 124 Å². The number of benzene rings is 2. The predicted octanol–water partition coefficient (Wildman–Crippen LogP) is 3.50. The van der Waals surface area contributed by atoms with Crippen LogP contribution >= 0.6 is 0 Å². The van der Waals surface area contributed by atoms with Crippen molar-refractivity contribution in [2.24, 2.45) is 0 Å². The van der Waals surface area contributed by atoms with Crippen LogP contribution in [0.2, 0.25) is 0 Å². The molecule has 0 saturated carbocycles. The molecule has 0 radical (unpaired) electrons. The van der Waals surface area contributed by atoms with Crippen molar-refractivity contribution in [1.82, 2.24) is 5.32 Å². The monoisotopic (exact) mass is 286 g/mol. The van der Waals surface area contributed by atoms with E-state index in [-0.39, 0.29) is 11.7 Å². The van der Waals surface area contributed by atoms with Crippen molar-refractivity contribution in [3.05, 3.63) is 65.0 Å². The fourth-order valence-corrected chi connectivity index (χ4v) is 2.06. The van der Waals surface area contributed by atoms with Crippen molar-refractivity contribution in [2.45, 2.75) is 20.4 Å². The van der Waals surface area contributed by atoms with Gasteiger partial charge >= 0.3 is 0 Å². The standard InChI is InChI=1S/C17H19FN2O/c1-3-19-11-13-4-7-15(8-5-13)20-17(21)16-9-6-14(18)10-12(16)2/h4-10,19H,3,11H2,1-2H3,(H,20,21). The van der Waals surface area contributed by atoms with E-state index in [1.54, 1.807) is 6.92 Å². The number of hydrogen-bond acceptors (Lipinski definition) is 2. The quantitative estimate of drug-likeness (QED) is 0.883. The predicted molar refractivity (Wildman–Crippen MR) is 82.9 cm³/mol. The molecular weight excluding hydrogens is 267 g/mol. The van der Waals surface area contributed by atoms with Gasteiger partial charge in [0.05, 0.1) is 0 Å². The van der Waals surface area contributed by atoms with Gasteiger partial charge in [0, 0.05) is 17.8 Å². The lowest BCUT2D eigenvalue weighted by molar-refractivity contribution is 0.102. The van der Waals surface area contributed by atoms with E-state index in [0.717, 1.165) is 24.3 Å². The molecule has 0 aliphatic heterocycles. The molecule has 0 aliphatic rings. The molecule has 0 heterocycles. The molecule has 2 rings (SSSR count). The third-order valence-corrected chi connectivity index (χ3v) is 3.22. The molecule has 0 spiro atoms. The summed E-state index contributed by atoms with van der Waals surface area (Å²) in [6, 6.07) is 11.8. The molecule has 4 heteroatoms. The molecular formula is C17H19FN2O. The van der Waals surface area contributed by atoms with E-state index in [1.807, 2.05) is 24.3 Å². The van der Waals surface area contributed by atoms with E-state index in [2.05, 4.69) is 17.6 Å². The van der Waals surface area contributed by atoms with Gasteiger partial charge in [-0.05, 0) is 54.9 Å². The van der Waals surface area contributed by atoms with Crippen LogP contribution in [0.25, 0.3) is 0 Å². The molecule has 2 aromatic carbocycles. The minimum absolute atomic E-state index is 0.230. The molecule has 21 heavy (non-hydrogen) atoms. The molecule has 2 N–H and O–H groups in total. The first kappa shape index (κ1) is 15.2. The lowest BCUT2D eigenvalue weighted by Gasteiger charge is -2.09. The number of hydrogen-bond donors (Lipinski definition) is 2. The second-order valence-corrected chi connectivity index (χ2v) is 4.89. The van der Waals surface area contributed by atoms with E-state index in [9.17, 15) is 9.18 Å². The topological polar surface area (TPSA) is 41.1 Å². The molecule has 1 amide bonds. The molecule has 0 aliphatic carbocycles. The Morgan fingerprint density at radius 1 is 1.14 bits per heavy atom. The summed E-state index contributed by atoms with van der Waals surface area (Å²) in [6.07, 6.45) is 0. The van der Waals surface area contributed by atoms with Gasteiger partial charge in [-0.3, -0.25) is 4.79 Å². The molecule has 3 nitrogen and oxygen atoms in total. The van der Waals surface area contributed by atoms with Crippen molar-refractivity contribution < 1.29 is 9.18 Å². The zero-order valence-electron chi connectivity index (χ0n) is 12.2. The maximum atomic E-state index is 13.0. The Balaban J connectivity index is 2.05. The minimum atomic E-state index is -0.336. The van der Waals surface area contributed by atoms with Crippen molar-refractivity contribution in [1.29, 1.82) is 0 Å². The number of anilines is 1. The summed E-state index contributed by atoms with van der Waals surface area (Å²) >= 11 is 0. The number of amides is 1. The molecule has 0 bridgehead atoms. The number of halogens is 1. The average Bonchev–Trinajstić information content (AvgIpc) is 2.46. The molecule has 0 saturated heterocycles. The van der Waals surface area contributed by atoms with Crippen molar-refractivity contribution in [2.75, 3.05) is 11.9 Å². The van der Waals surface area contributed by atoms with Gasteiger partial charge in [0.25, 0.3) is 5.91 Å². The van der Waals surface area contributed by atoms with Gasteiger partial charge < -0.3 is 10.6 Å². The van der Waals surface area contributed by atoms with Crippen molar-refractivity contribution in [3.8, 4) is 0 Å². The summed E-state index contributed by atoms with van der Waals surface area (Å²) in [4.78, 5) is 12.2. The highest BCUT2D eigenvalue weighted by molar-refractivity contribution is 6.05. The van der Waals surface area contributed by atoms with Crippen LogP contribution < -0.4 is 10.6 Å². The highest BCUT2D eigenvalue weighted by atomic mass is 19.1. The third kappa shape index (κ3) is 4.13. The lowest BCUT2D eigenvalue weighted by atomic mass is 10.1. The first-order chi connectivity index (χ1) is 10.1. The molecule has 2 aromatic rings. The van der Waals surface area contributed by atoms with Crippen LogP contribution in [0.5, 0.6) is 0 Å². The van der Waals surface area contributed by atoms with Crippen LogP contribution in [0.15, 0.2) is 42.5 Å². The van der Waals surface area contributed by atoms with Gasteiger partial charge in [0.1, 0.15) is 5.82 Å². The zero-order valence-corrected chi connectivity index (χ0v) is 12.2. The second-order valence-electron chi connectivity index (χ2n) is 4.89. The van der Waals surface area contributed by atoms with Crippen LogP contribution in [-0.4, -0.2) is 12.5 Å². The van der Waals surface area contributed by atoms with Crippen molar-refractivity contribution in [3.63, 3.8) is 0 Å². The normalized spacial score (nSPS) is 10.4. The first-order valence-electron chi connectivity index (χ1n) is 6.97. The number of carbonyl (C=O) groups excluding carboxylic acids is 1. The first-order valence-corrected chi connectivity index (χ1v) is 6.97. The number of rotatable bonds is 5. The largest absolute Gasteiger partial charge is 0.322 e. The van der Waals surface area contributed by atoms with E-state index in [1.165, 1.54) is 18.2 Å². The molecule has 110 valence electrons. The minimum Gasteiger partial charge on any atom is -0.322 e. The van der Waals surface area contributed by atoms with Crippen LogP contribution in [0.1, 0.15) is 28.4 Å². The van der Waals surface area contributed by atoms with E-state index in [0.29, 0.717) is 11.1 Å². The molecule has 0 atom stereocenters. The van der Waals surface area contributed by atoms with Crippen LogP contribution in [0, 0.1) is 12.7 Å². The Hall–Kier alpha value is -2.20. The maximum absolute atomic E-state index is 13.0. The fraction of sp³-hybridized carbons (Fsp3) is 0.235. The van der Waals surface area contributed by atoms with Crippen LogP contribution in [-0.2, 0) is 6.54 Å². The third-order valence-electron chi connectivity index (χ3n) is 3.22. The summed E-state index contributed by atoms with van der Waals surface area (Å²) in [7, 11) is 0. The smallest absolute Gasteiger partial charge is 0.255 e. The van der Waals surface area contributed by atoms with Crippen LogP contribution in [0.4, 0.5) is 10.1 Å². The average molecular weight is 286 g/mol. The van der Waals surface area contributed by atoms with Gasteiger partial charge in [-0.15, -0.1) is 0 Å². The van der Waals surface area contributed by atoms with Gasteiger partial charge in [-0.2, -0.15) is 0 Å². The highest BCUT2D eigenvalue weighted by Gasteiger charge is 2.09. The van der Waals surface area contributed by atoms with Gasteiger partial charge in [0.15, 0.2) is 0 Å². The highest BCUT2D eigenvalue weighted by Crippen LogP contribution is 2.14. The molecule has 0 fully saturated rings. The lowest BCUT2D eigenvalue weighted by Crippen LogP contribution is -2.14. The summed E-state index contributed by atoms with van der Waals surface area (Å²) in [6.45, 7) is 5.50. The Morgan fingerprint density at radius 3 is 2.48 bits per heavy atom. The van der Waals surface area contributed by atoms with E-state index >= 15 is 0 Å². The van der Waals surface area contributed by atoms with Gasteiger partial charge in [0.2, 0.25) is 0 Å². The second kappa shape index (κ2) is 6.99. The van der Waals surface area contributed by atoms with Crippen molar-refractivity contribution >= 4 is 11.6 Å². The maximum Gasteiger partial charge on any atom is 0.255 e. The number of carbonyl (C=O) groups is 1. The molecule has 0 aromatic heterocycles. The van der Waals surface area contributed by atoms with Gasteiger partial charge in [-0.25, -0.2) is 4.39 Å². The Morgan fingerprint density at radius 2 is 1.86 bits per heavy atom. The van der Waals surface area contributed by atoms with Gasteiger partial charge in [-0.1, -0.05) is 19.1 Å². The summed E-state index contributed by atoms with van der Waals surface area (Å²) in [5.41, 5.74) is 2.99. The fourth-order valence-electron chi connectivity index (χ4n) is 2.06. The zero-order chi connectivity index (χ0) is 15.2. The van der Waals surface area contributed by atoms with E-state index in [4.69, 9.17) is 0 Å². The summed E-state index contributed by atoms with van der Waals surface area (Å²) in [5, 5.41) is 6.06. The van der Waals surface area contributed by atoms with E-state index < -0.39 is 0 Å². The number of aryl methyl sites for hydroxylation is 1. The summed E-state index contributed by atoms with van der Waals surface area (Å²) < 4.78 is 13.0.